The van der Waals surface area contributed by atoms with E-state index in [1.807, 2.05) is 19.1 Å². The SMILES string of the molecule is CC(C)(C)OC(=O)OC(=O)OC(C)(C)C.Cc1cccc(-c2cccc(C(F)(F)F)n2)c1. The summed E-state index contributed by atoms with van der Waals surface area (Å²) in [6, 6.07) is 11.2. The second-order valence-electron chi connectivity index (χ2n) is 8.81. The van der Waals surface area contributed by atoms with Crippen LogP contribution in [-0.2, 0) is 20.4 Å². The van der Waals surface area contributed by atoms with Gasteiger partial charge < -0.3 is 14.2 Å². The molecule has 0 unspecified atom stereocenters. The molecule has 1 heterocycles. The largest absolute Gasteiger partial charge is 0.519 e. The summed E-state index contributed by atoms with van der Waals surface area (Å²) in [5, 5.41) is 0. The van der Waals surface area contributed by atoms with Crippen LogP contribution < -0.4 is 0 Å². The highest BCUT2D eigenvalue weighted by Crippen LogP contribution is 2.29. The third-order valence-corrected chi connectivity index (χ3v) is 3.30. The van der Waals surface area contributed by atoms with Gasteiger partial charge in [-0.05, 0) is 66.7 Å². The standard InChI is InChI=1S/C13H10F3N.C10H18O5/c1-9-4-2-5-10(8-9)11-6-3-7-12(17-11)13(14,15)16;1-9(2,3)14-7(11)13-8(12)15-10(4,5)6/h2-8H,1H3;1-6H3. The van der Waals surface area contributed by atoms with E-state index >= 15 is 0 Å². The van der Waals surface area contributed by atoms with Crippen LogP contribution in [0.4, 0.5) is 22.8 Å². The molecule has 0 radical (unpaired) electrons. The molecule has 0 saturated heterocycles. The van der Waals surface area contributed by atoms with Gasteiger partial charge >= 0.3 is 18.5 Å². The highest BCUT2D eigenvalue weighted by atomic mass is 19.4. The van der Waals surface area contributed by atoms with E-state index in [9.17, 15) is 22.8 Å². The van der Waals surface area contributed by atoms with Crippen molar-refractivity contribution in [2.75, 3.05) is 0 Å². The lowest BCUT2D eigenvalue weighted by Crippen LogP contribution is -2.29. The van der Waals surface area contributed by atoms with Crippen molar-refractivity contribution < 1.29 is 37.0 Å². The van der Waals surface area contributed by atoms with E-state index in [0.29, 0.717) is 11.3 Å². The highest BCUT2D eigenvalue weighted by molar-refractivity contribution is 5.77. The van der Waals surface area contributed by atoms with Gasteiger partial charge in [0.1, 0.15) is 16.9 Å². The lowest BCUT2D eigenvalue weighted by atomic mass is 10.1. The van der Waals surface area contributed by atoms with Crippen molar-refractivity contribution >= 4 is 12.3 Å². The number of pyridine rings is 1. The van der Waals surface area contributed by atoms with Crippen LogP contribution in [0.3, 0.4) is 0 Å². The number of rotatable bonds is 1. The third kappa shape index (κ3) is 10.8. The minimum absolute atomic E-state index is 0.337. The number of aromatic nitrogens is 1. The molecule has 0 fully saturated rings. The molecule has 32 heavy (non-hydrogen) atoms. The molecule has 176 valence electrons. The number of carbonyl (C=O) groups is 2. The summed E-state index contributed by atoms with van der Waals surface area (Å²) >= 11 is 0. The summed E-state index contributed by atoms with van der Waals surface area (Å²) in [6.07, 6.45) is -6.52. The molecule has 0 N–H and O–H groups in total. The van der Waals surface area contributed by atoms with Crippen LogP contribution in [0, 0.1) is 6.92 Å². The van der Waals surface area contributed by atoms with E-state index in [1.165, 1.54) is 6.07 Å². The van der Waals surface area contributed by atoms with Gasteiger partial charge in [-0.15, -0.1) is 0 Å². The normalized spacial score (nSPS) is 11.7. The van der Waals surface area contributed by atoms with Gasteiger partial charge in [-0.1, -0.05) is 29.8 Å². The second kappa shape index (κ2) is 10.5. The van der Waals surface area contributed by atoms with Gasteiger partial charge in [-0.25, -0.2) is 14.6 Å². The van der Waals surface area contributed by atoms with Crippen molar-refractivity contribution in [2.24, 2.45) is 0 Å². The van der Waals surface area contributed by atoms with Crippen LogP contribution in [0.5, 0.6) is 0 Å². The van der Waals surface area contributed by atoms with Crippen molar-refractivity contribution in [3.63, 3.8) is 0 Å². The number of halogens is 3. The second-order valence-corrected chi connectivity index (χ2v) is 8.81. The summed E-state index contributed by atoms with van der Waals surface area (Å²) in [4.78, 5) is 25.6. The topological polar surface area (TPSA) is 74.7 Å². The summed E-state index contributed by atoms with van der Waals surface area (Å²) < 4.78 is 51.3. The van der Waals surface area contributed by atoms with Crippen molar-refractivity contribution in [1.29, 1.82) is 0 Å². The quantitative estimate of drug-likeness (QED) is 0.342. The predicted octanol–water partition coefficient (Wildman–Crippen LogP) is 6.95. The monoisotopic (exact) mass is 455 g/mol. The van der Waals surface area contributed by atoms with E-state index < -0.39 is 35.4 Å². The Bertz CT molecular complexity index is 902. The maximum atomic E-state index is 12.5. The molecule has 2 aromatic rings. The number of hydrogen-bond donors (Lipinski definition) is 0. The predicted molar refractivity (Wildman–Crippen MR) is 113 cm³/mol. The Balaban J connectivity index is 0.000000324. The van der Waals surface area contributed by atoms with Gasteiger partial charge in [0, 0.05) is 5.56 Å². The zero-order valence-electron chi connectivity index (χ0n) is 19.2. The van der Waals surface area contributed by atoms with E-state index in [4.69, 9.17) is 9.47 Å². The molecule has 0 amide bonds. The minimum atomic E-state index is -4.40. The fraction of sp³-hybridized carbons (Fsp3) is 0.435. The lowest BCUT2D eigenvalue weighted by Gasteiger charge is -2.20. The van der Waals surface area contributed by atoms with Crippen molar-refractivity contribution in [3.05, 3.63) is 53.7 Å². The Kier molecular flexibility index (Phi) is 8.82. The maximum Gasteiger partial charge on any atom is 0.519 e. The number of hydrogen-bond acceptors (Lipinski definition) is 6. The van der Waals surface area contributed by atoms with Crippen molar-refractivity contribution in [3.8, 4) is 11.3 Å². The molecule has 1 aromatic carbocycles. The molecule has 0 aliphatic rings. The zero-order chi connectivity index (χ0) is 24.7. The average Bonchev–Trinajstić information content (AvgIpc) is 2.58. The molecule has 0 atom stereocenters. The van der Waals surface area contributed by atoms with Gasteiger partial charge in [-0.3, -0.25) is 0 Å². The Labute approximate surface area is 185 Å². The number of aryl methyl sites for hydroxylation is 1. The number of alkyl halides is 3. The molecule has 0 bridgehead atoms. The van der Waals surface area contributed by atoms with E-state index in [-0.39, 0.29) is 0 Å². The first kappa shape index (κ1) is 26.9. The summed E-state index contributed by atoms with van der Waals surface area (Å²) in [6.45, 7) is 11.9. The maximum absolute atomic E-state index is 12.5. The first-order chi connectivity index (χ1) is 14.5. The van der Waals surface area contributed by atoms with Gasteiger partial charge in [-0.2, -0.15) is 13.2 Å². The summed E-state index contributed by atoms with van der Waals surface area (Å²) in [5.41, 5.74) is -0.240. The van der Waals surface area contributed by atoms with E-state index in [2.05, 4.69) is 9.72 Å². The average molecular weight is 455 g/mol. The van der Waals surface area contributed by atoms with Crippen LogP contribution in [0.1, 0.15) is 52.8 Å². The molecule has 6 nitrogen and oxygen atoms in total. The molecule has 2 rings (SSSR count). The first-order valence-corrected chi connectivity index (χ1v) is 9.71. The number of ether oxygens (including phenoxy) is 3. The van der Waals surface area contributed by atoms with Crippen LogP contribution >= 0.6 is 0 Å². The number of nitrogens with zero attached hydrogens (tertiary/aromatic N) is 1. The van der Waals surface area contributed by atoms with Crippen LogP contribution in [0.15, 0.2) is 42.5 Å². The van der Waals surface area contributed by atoms with Gasteiger partial charge in [0.2, 0.25) is 0 Å². The van der Waals surface area contributed by atoms with Gasteiger partial charge in [0.25, 0.3) is 0 Å². The van der Waals surface area contributed by atoms with Crippen LogP contribution in [0.25, 0.3) is 11.3 Å². The molecule has 9 heteroatoms. The summed E-state index contributed by atoms with van der Waals surface area (Å²) in [5.74, 6) is 0. The third-order valence-electron chi connectivity index (χ3n) is 3.30. The zero-order valence-corrected chi connectivity index (χ0v) is 19.2. The van der Waals surface area contributed by atoms with E-state index in [0.717, 1.165) is 11.6 Å². The Morgan fingerprint density at radius 2 is 1.31 bits per heavy atom. The first-order valence-electron chi connectivity index (χ1n) is 9.71. The molecular weight excluding hydrogens is 427 g/mol. The van der Waals surface area contributed by atoms with E-state index in [1.54, 1.807) is 59.7 Å². The summed E-state index contributed by atoms with van der Waals surface area (Å²) in [7, 11) is 0. The highest BCUT2D eigenvalue weighted by Gasteiger charge is 2.32. The van der Waals surface area contributed by atoms with Gasteiger partial charge in [0.05, 0.1) is 5.69 Å². The number of benzene rings is 1. The van der Waals surface area contributed by atoms with Crippen molar-refractivity contribution in [1.82, 2.24) is 4.98 Å². The molecule has 0 aliphatic carbocycles. The Hall–Kier alpha value is -3.10. The molecule has 0 aliphatic heterocycles. The van der Waals surface area contributed by atoms with Crippen LogP contribution in [0.2, 0.25) is 0 Å². The minimum Gasteiger partial charge on any atom is -0.428 e. The molecule has 0 saturated carbocycles. The fourth-order valence-corrected chi connectivity index (χ4v) is 2.17. The van der Waals surface area contributed by atoms with Gasteiger partial charge in [0.15, 0.2) is 0 Å². The van der Waals surface area contributed by atoms with Crippen molar-refractivity contribution in [2.45, 2.75) is 65.8 Å². The Morgan fingerprint density at radius 3 is 1.75 bits per heavy atom. The van der Waals surface area contributed by atoms with Crippen LogP contribution in [-0.4, -0.2) is 28.5 Å². The lowest BCUT2D eigenvalue weighted by molar-refractivity contribution is -0.141. The number of carbonyl (C=O) groups excluding carboxylic acids is 2. The smallest absolute Gasteiger partial charge is 0.428 e. The molecular formula is C23H28F3NO5. The Morgan fingerprint density at radius 1 is 0.812 bits per heavy atom. The fourth-order valence-electron chi connectivity index (χ4n) is 2.17. The molecule has 0 spiro atoms. The molecule has 1 aromatic heterocycles.